The molecule has 1 aliphatic heterocycles. The number of hydrogen-bond acceptors (Lipinski definition) is 9. The Balaban J connectivity index is 1.17. The molecule has 4 aliphatic carbocycles. The van der Waals surface area contributed by atoms with Gasteiger partial charge in [0.2, 0.25) is 27.7 Å². The maximum Gasteiger partial charge on any atom is 0.259 e. The van der Waals surface area contributed by atoms with Crippen LogP contribution >= 0.6 is 0 Å². The monoisotopic (exact) mass is 731 g/mol. The van der Waals surface area contributed by atoms with Crippen molar-refractivity contribution in [3.05, 3.63) is 72.3 Å². The number of hydroxylamine groups is 2. The van der Waals surface area contributed by atoms with Gasteiger partial charge in [-0.2, -0.15) is 0 Å². The number of benzene rings is 2. The summed E-state index contributed by atoms with van der Waals surface area (Å²) in [6.07, 6.45) is 4.72. The Morgan fingerprint density at radius 1 is 1.00 bits per heavy atom. The maximum atomic E-state index is 14.4. The number of fused-ring (bicyclic) bond motifs is 3. The third-order valence-corrected chi connectivity index (χ3v) is 12.9. The molecule has 0 spiro atoms. The van der Waals surface area contributed by atoms with Crippen LogP contribution in [0, 0.1) is 17.8 Å². The van der Waals surface area contributed by atoms with Crippen LogP contribution in [0.5, 0.6) is 0 Å². The second-order valence-corrected chi connectivity index (χ2v) is 17.0. The van der Waals surface area contributed by atoms with E-state index in [9.17, 15) is 32.8 Å². The first-order chi connectivity index (χ1) is 24.9. The zero-order chi connectivity index (χ0) is 36.9. The SMILES string of the molecule is C=C[C@@H]1C[C@@]1(NC(=O)[C@@H]1C[C@@H](ON=C2c3ccccc3-c3ccccc32)CN1C(=O)[C@@H](C(C)C)N(O)C(=O)C1CCCC1)C(=O)NS(=O)(=O)C1CC1. The van der Waals surface area contributed by atoms with Crippen molar-refractivity contribution in [2.24, 2.45) is 22.9 Å². The molecule has 1 saturated heterocycles. The van der Waals surface area contributed by atoms with Crippen LogP contribution in [-0.2, 0) is 34.0 Å². The summed E-state index contributed by atoms with van der Waals surface area (Å²) in [5, 5.41) is 18.4. The van der Waals surface area contributed by atoms with E-state index in [1.54, 1.807) is 13.8 Å². The molecule has 5 aliphatic rings. The van der Waals surface area contributed by atoms with E-state index in [-0.39, 0.29) is 19.4 Å². The highest BCUT2D eigenvalue weighted by atomic mass is 32.2. The average Bonchev–Trinajstić information content (AvgIpc) is 3.95. The van der Waals surface area contributed by atoms with E-state index in [1.807, 2.05) is 48.5 Å². The van der Waals surface area contributed by atoms with Gasteiger partial charge in [0.1, 0.15) is 29.4 Å². The minimum atomic E-state index is -3.90. The summed E-state index contributed by atoms with van der Waals surface area (Å²) in [5.74, 6) is -4.16. The van der Waals surface area contributed by atoms with Crippen LogP contribution in [0.1, 0.15) is 76.3 Å². The largest absolute Gasteiger partial charge is 0.390 e. The second-order valence-electron chi connectivity index (χ2n) is 15.0. The van der Waals surface area contributed by atoms with Gasteiger partial charge in [0.15, 0.2) is 0 Å². The Kier molecular flexibility index (Phi) is 9.49. The van der Waals surface area contributed by atoms with Gasteiger partial charge in [-0.25, -0.2) is 13.5 Å². The molecular weight excluding hydrogens is 687 g/mol. The van der Waals surface area contributed by atoms with E-state index in [1.165, 1.54) is 11.0 Å². The van der Waals surface area contributed by atoms with E-state index in [4.69, 9.17) is 4.84 Å². The van der Waals surface area contributed by atoms with Crippen LogP contribution in [-0.4, -0.2) is 88.4 Å². The number of nitrogens with one attached hydrogen (secondary N) is 2. The van der Waals surface area contributed by atoms with Crippen LogP contribution in [0.3, 0.4) is 0 Å². The van der Waals surface area contributed by atoms with Crippen molar-refractivity contribution in [2.75, 3.05) is 6.54 Å². The molecule has 7 rings (SSSR count). The van der Waals surface area contributed by atoms with Crippen molar-refractivity contribution in [1.82, 2.24) is 20.0 Å². The highest BCUT2D eigenvalue weighted by Crippen LogP contribution is 2.46. The third kappa shape index (κ3) is 6.51. The number of likely N-dealkylation sites (tertiary alicyclic amines) is 1. The zero-order valence-corrected chi connectivity index (χ0v) is 30.2. The van der Waals surface area contributed by atoms with Crippen LogP contribution in [0.15, 0.2) is 66.3 Å². The van der Waals surface area contributed by atoms with Crippen LogP contribution in [0.2, 0.25) is 0 Å². The fourth-order valence-corrected chi connectivity index (χ4v) is 9.31. The molecule has 0 unspecified atom stereocenters. The lowest BCUT2D eigenvalue weighted by atomic mass is 9.99. The van der Waals surface area contributed by atoms with Crippen molar-refractivity contribution < 1.29 is 37.6 Å². The van der Waals surface area contributed by atoms with Gasteiger partial charge in [-0.15, -0.1) is 6.58 Å². The van der Waals surface area contributed by atoms with E-state index >= 15 is 0 Å². The molecule has 2 aromatic rings. The predicted molar refractivity (Wildman–Crippen MR) is 191 cm³/mol. The van der Waals surface area contributed by atoms with Crippen LogP contribution in [0.4, 0.5) is 0 Å². The summed E-state index contributed by atoms with van der Waals surface area (Å²) >= 11 is 0. The van der Waals surface area contributed by atoms with Gasteiger partial charge in [-0.3, -0.25) is 29.1 Å². The minimum Gasteiger partial charge on any atom is -0.390 e. The lowest BCUT2D eigenvalue weighted by Gasteiger charge is -2.34. The molecule has 5 atom stereocenters. The number of amides is 4. The van der Waals surface area contributed by atoms with Crippen molar-refractivity contribution in [3.8, 4) is 11.1 Å². The number of nitrogens with zero attached hydrogens (tertiary/aromatic N) is 3. The Bertz CT molecular complexity index is 1890. The van der Waals surface area contributed by atoms with Crippen molar-refractivity contribution >= 4 is 39.4 Å². The molecule has 2 aromatic carbocycles. The lowest BCUT2D eigenvalue weighted by molar-refractivity contribution is -0.191. The van der Waals surface area contributed by atoms with E-state index < -0.39 is 80.4 Å². The molecule has 0 bridgehead atoms. The maximum absolute atomic E-state index is 14.4. The quantitative estimate of drug-likeness (QED) is 0.144. The molecule has 4 amide bonds. The van der Waals surface area contributed by atoms with Crippen molar-refractivity contribution in [1.29, 1.82) is 0 Å². The Morgan fingerprint density at radius 2 is 1.60 bits per heavy atom. The smallest absolute Gasteiger partial charge is 0.259 e. The molecule has 4 fully saturated rings. The topological polar surface area (TPSA) is 175 Å². The minimum absolute atomic E-state index is 0.0126. The molecule has 0 radical (unpaired) electrons. The summed E-state index contributed by atoms with van der Waals surface area (Å²) in [6, 6.07) is 13.1. The first-order valence-corrected chi connectivity index (χ1v) is 19.7. The number of sulfonamides is 1. The van der Waals surface area contributed by atoms with Crippen LogP contribution in [0.25, 0.3) is 11.1 Å². The van der Waals surface area contributed by atoms with Crippen LogP contribution < -0.4 is 10.0 Å². The normalized spacial score (nSPS) is 25.6. The zero-order valence-electron chi connectivity index (χ0n) is 29.4. The third-order valence-electron chi connectivity index (χ3n) is 11.1. The number of carbonyl (C=O) groups is 4. The first kappa shape index (κ1) is 35.8. The summed E-state index contributed by atoms with van der Waals surface area (Å²) in [5.41, 5.74) is 2.81. The molecule has 1 heterocycles. The van der Waals surface area contributed by atoms with Gasteiger partial charge in [0.25, 0.3) is 5.91 Å². The number of hydrogen-bond donors (Lipinski definition) is 3. The highest BCUT2D eigenvalue weighted by molar-refractivity contribution is 7.91. The molecule has 0 aromatic heterocycles. The molecule has 13 nitrogen and oxygen atoms in total. The number of rotatable bonds is 12. The van der Waals surface area contributed by atoms with Crippen molar-refractivity contribution in [2.45, 2.75) is 94.2 Å². The first-order valence-electron chi connectivity index (χ1n) is 18.1. The fourth-order valence-electron chi connectivity index (χ4n) is 7.94. The molecule has 276 valence electrons. The Labute approximate surface area is 303 Å². The van der Waals surface area contributed by atoms with Crippen molar-refractivity contribution in [3.63, 3.8) is 0 Å². The van der Waals surface area contributed by atoms with Gasteiger partial charge >= 0.3 is 0 Å². The summed E-state index contributed by atoms with van der Waals surface area (Å²) in [4.78, 5) is 62.8. The van der Waals surface area contributed by atoms with Gasteiger partial charge in [-0.1, -0.05) is 86.5 Å². The number of carbonyl (C=O) groups excluding carboxylic acids is 4. The standard InChI is InChI=1S/C38H45N5O8S/c1-4-24-20-38(24,37(47)41-52(49,50)26-17-18-26)39-34(44)31-19-25(51-40-32-29-15-9-7-13-27(29)28-14-8-10-16-30(28)32)21-42(31)36(46)33(22(2)3)43(48)35(45)23-11-5-6-12-23/h4,7-10,13-16,22-26,31,33,48H,1,5-6,11-12,17-21H2,2-3H3,(H,39,44)(H,41,47)/t24-,25-,31+,33-,38+/m1/s1. The lowest BCUT2D eigenvalue weighted by Crippen LogP contribution is -2.59. The van der Waals surface area contributed by atoms with E-state index in [0.717, 1.165) is 35.1 Å². The van der Waals surface area contributed by atoms with E-state index in [2.05, 4.69) is 21.8 Å². The summed E-state index contributed by atoms with van der Waals surface area (Å²) < 4.78 is 27.5. The number of oxime groups is 1. The predicted octanol–water partition coefficient (Wildman–Crippen LogP) is 3.51. The Morgan fingerprint density at radius 3 is 2.13 bits per heavy atom. The van der Waals surface area contributed by atoms with Gasteiger partial charge in [0, 0.05) is 29.4 Å². The highest BCUT2D eigenvalue weighted by Gasteiger charge is 2.62. The molecule has 14 heteroatoms. The fraction of sp³-hybridized carbons (Fsp3) is 0.500. The molecule has 52 heavy (non-hydrogen) atoms. The molecule has 3 saturated carbocycles. The Hall–Kier alpha value is -4.56. The average molecular weight is 732 g/mol. The van der Waals surface area contributed by atoms with Gasteiger partial charge < -0.3 is 15.1 Å². The summed E-state index contributed by atoms with van der Waals surface area (Å²) in [6.45, 7) is 7.10. The van der Waals surface area contributed by atoms with Gasteiger partial charge in [0.05, 0.1) is 11.8 Å². The second kappa shape index (κ2) is 13.8. The van der Waals surface area contributed by atoms with Gasteiger partial charge in [-0.05, 0) is 49.1 Å². The van der Waals surface area contributed by atoms with E-state index in [0.29, 0.717) is 36.5 Å². The molecular formula is C38H45N5O8S. The molecule has 3 N–H and O–H groups in total. The summed E-state index contributed by atoms with van der Waals surface area (Å²) in [7, 11) is -3.90.